The Morgan fingerprint density at radius 1 is 1.36 bits per heavy atom. The molecule has 1 atom stereocenters. The monoisotopic (exact) mass is 363 g/mol. The van der Waals surface area contributed by atoms with Gasteiger partial charge in [-0.1, -0.05) is 12.1 Å². The number of carbonyl (C=O) groups excluding carboxylic acids is 1. The third kappa shape index (κ3) is 4.05. The molecule has 0 aliphatic carbocycles. The molecule has 5 nitrogen and oxygen atoms in total. The minimum absolute atomic E-state index is 0.117. The van der Waals surface area contributed by atoms with Crippen LogP contribution in [0.2, 0.25) is 0 Å². The summed E-state index contributed by atoms with van der Waals surface area (Å²) in [5.74, 6) is -1.37. The van der Waals surface area contributed by atoms with E-state index in [2.05, 4.69) is 0 Å². The molecule has 25 heavy (non-hydrogen) atoms. The van der Waals surface area contributed by atoms with E-state index >= 15 is 0 Å². The second kappa shape index (κ2) is 7.33. The molecule has 1 amide bonds. The first kappa shape index (κ1) is 17.6. The fraction of sp³-hybridized carbons (Fsp3) is 0.333. The zero-order valence-corrected chi connectivity index (χ0v) is 14.5. The van der Waals surface area contributed by atoms with Crippen LogP contribution in [0.5, 0.6) is 0 Å². The molecular weight excluding hydrogens is 345 g/mol. The first-order valence-corrected chi connectivity index (χ1v) is 8.74. The molecule has 1 fully saturated rings. The van der Waals surface area contributed by atoms with Crippen molar-refractivity contribution in [3.8, 4) is 11.1 Å². The number of benzene rings is 1. The molecule has 1 aliphatic rings. The van der Waals surface area contributed by atoms with Crippen LogP contribution in [0, 0.1) is 12.7 Å². The molecule has 1 unspecified atom stereocenters. The Morgan fingerprint density at radius 3 is 2.76 bits per heavy atom. The van der Waals surface area contributed by atoms with Crippen molar-refractivity contribution in [2.24, 2.45) is 0 Å². The van der Waals surface area contributed by atoms with Crippen LogP contribution in [0.25, 0.3) is 11.1 Å². The zero-order chi connectivity index (χ0) is 18.0. The highest BCUT2D eigenvalue weighted by atomic mass is 32.1. The van der Waals surface area contributed by atoms with Crippen molar-refractivity contribution >= 4 is 23.2 Å². The number of halogens is 1. The average molecular weight is 363 g/mol. The topological polar surface area (TPSA) is 66.8 Å². The summed E-state index contributed by atoms with van der Waals surface area (Å²) in [6, 6.07) is 7.99. The van der Waals surface area contributed by atoms with Crippen molar-refractivity contribution in [3.63, 3.8) is 0 Å². The SMILES string of the molecule is Cc1sc(C(=O)N2CCOC(CC(=O)O)C2)cc1-c1ccc(F)cc1. The van der Waals surface area contributed by atoms with E-state index in [-0.39, 0.29) is 24.7 Å². The zero-order valence-electron chi connectivity index (χ0n) is 13.7. The largest absolute Gasteiger partial charge is 0.481 e. The highest BCUT2D eigenvalue weighted by Gasteiger charge is 2.27. The van der Waals surface area contributed by atoms with Gasteiger partial charge in [0.25, 0.3) is 5.91 Å². The molecule has 132 valence electrons. The van der Waals surface area contributed by atoms with Gasteiger partial charge in [0.2, 0.25) is 0 Å². The molecule has 0 spiro atoms. The molecule has 2 aromatic rings. The van der Waals surface area contributed by atoms with E-state index in [1.807, 2.05) is 13.0 Å². The smallest absolute Gasteiger partial charge is 0.306 e. The molecule has 0 radical (unpaired) electrons. The van der Waals surface area contributed by atoms with Gasteiger partial charge in [0.1, 0.15) is 5.82 Å². The number of rotatable bonds is 4. The lowest BCUT2D eigenvalue weighted by molar-refractivity contribution is -0.141. The van der Waals surface area contributed by atoms with Gasteiger partial charge in [-0.05, 0) is 36.2 Å². The van der Waals surface area contributed by atoms with Crippen molar-refractivity contribution in [1.82, 2.24) is 4.90 Å². The molecule has 0 bridgehead atoms. The summed E-state index contributed by atoms with van der Waals surface area (Å²) < 4.78 is 18.5. The maximum atomic E-state index is 13.1. The van der Waals surface area contributed by atoms with E-state index in [1.165, 1.54) is 23.5 Å². The number of hydrogen-bond acceptors (Lipinski definition) is 4. The first-order chi connectivity index (χ1) is 11.9. The summed E-state index contributed by atoms with van der Waals surface area (Å²) in [7, 11) is 0. The summed E-state index contributed by atoms with van der Waals surface area (Å²) >= 11 is 1.39. The second-order valence-corrected chi connectivity index (χ2v) is 7.19. The van der Waals surface area contributed by atoms with Gasteiger partial charge in [-0.25, -0.2) is 4.39 Å². The Bertz CT molecular complexity index is 787. The van der Waals surface area contributed by atoms with Crippen LogP contribution >= 0.6 is 11.3 Å². The van der Waals surface area contributed by atoms with E-state index in [0.717, 1.165) is 16.0 Å². The van der Waals surface area contributed by atoms with Crippen LogP contribution in [0.4, 0.5) is 4.39 Å². The molecule has 3 rings (SSSR count). The first-order valence-electron chi connectivity index (χ1n) is 7.93. The maximum Gasteiger partial charge on any atom is 0.306 e. The fourth-order valence-electron chi connectivity index (χ4n) is 2.88. The average Bonchev–Trinajstić information content (AvgIpc) is 2.96. The van der Waals surface area contributed by atoms with Crippen LogP contribution < -0.4 is 0 Å². The van der Waals surface area contributed by atoms with Crippen LogP contribution in [-0.4, -0.2) is 47.7 Å². The van der Waals surface area contributed by atoms with Crippen molar-refractivity contribution in [1.29, 1.82) is 0 Å². The van der Waals surface area contributed by atoms with Gasteiger partial charge < -0.3 is 14.7 Å². The van der Waals surface area contributed by atoms with Gasteiger partial charge in [0.05, 0.1) is 24.0 Å². The van der Waals surface area contributed by atoms with Gasteiger partial charge in [0.15, 0.2) is 0 Å². The quantitative estimate of drug-likeness (QED) is 0.906. The third-order valence-corrected chi connectivity index (χ3v) is 5.15. The summed E-state index contributed by atoms with van der Waals surface area (Å²) in [6.07, 6.45) is -0.596. The molecule has 1 aliphatic heterocycles. The van der Waals surface area contributed by atoms with Gasteiger partial charge in [-0.3, -0.25) is 9.59 Å². The number of hydrogen-bond donors (Lipinski definition) is 1. The molecule has 2 heterocycles. The number of thiophene rings is 1. The molecule has 1 aromatic carbocycles. The lowest BCUT2D eigenvalue weighted by atomic mass is 10.1. The van der Waals surface area contributed by atoms with Crippen molar-refractivity contribution in [2.75, 3.05) is 19.7 Å². The van der Waals surface area contributed by atoms with Gasteiger partial charge in [-0.2, -0.15) is 0 Å². The number of carboxylic acid groups (broad SMARTS) is 1. The predicted octanol–water partition coefficient (Wildman–Crippen LogP) is 3.18. The Kier molecular flexibility index (Phi) is 5.15. The maximum absolute atomic E-state index is 13.1. The minimum Gasteiger partial charge on any atom is -0.481 e. The van der Waals surface area contributed by atoms with Crippen molar-refractivity contribution in [3.05, 3.63) is 45.9 Å². The molecule has 0 saturated carbocycles. The fourth-order valence-corrected chi connectivity index (χ4v) is 3.89. The summed E-state index contributed by atoms with van der Waals surface area (Å²) in [5, 5.41) is 8.88. The summed E-state index contributed by atoms with van der Waals surface area (Å²) in [6.45, 7) is 2.97. The van der Waals surface area contributed by atoms with Crippen molar-refractivity contribution < 1.29 is 23.8 Å². The Labute approximate surface area is 148 Å². The van der Waals surface area contributed by atoms with Crippen molar-refractivity contribution in [2.45, 2.75) is 19.4 Å². The van der Waals surface area contributed by atoms with E-state index in [0.29, 0.717) is 18.0 Å². The number of nitrogens with zero attached hydrogens (tertiary/aromatic N) is 1. The second-order valence-electron chi connectivity index (χ2n) is 5.93. The van der Waals surface area contributed by atoms with Crippen LogP contribution in [0.15, 0.2) is 30.3 Å². The molecule has 7 heteroatoms. The molecule has 1 N–H and O–H groups in total. The highest BCUT2D eigenvalue weighted by Crippen LogP contribution is 2.32. The predicted molar refractivity (Wildman–Crippen MR) is 92.3 cm³/mol. The Balaban J connectivity index is 1.77. The van der Waals surface area contributed by atoms with Gasteiger partial charge in [0, 0.05) is 18.0 Å². The third-order valence-electron chi connectivity index (χ3n) is 4.11. The van der Waals surface area contributed by atoms with Crippen LogP contribution in [0.1, 0.15) is 21.0 Å². The summed E-state index contributed by atoms with van der Waals surface area (Å²) in [4.78, 5) is 26.8. The lowest BCUT2D eigenvalue weighted by Gasteiger charge is -2.32. The lowest BCUT2D eigenvalue weighted by Crippen LogP contribution is -2.46. The summed E-state index contributed by atoms with van der Waals surface area (Å²) in [5.41, 5.74) is 1.77. The number of amides is 1. The van der Waals surface area contributed by atoms with Crippen LogP contribution in [-0.2, 0) is 9.53 Å². The Hall–Kier alpha value is -2.25. The number of aliphatic carboxylic acids is 1. The van der Waals surface area contributed by atoms with E-state index in [4.69, 9.17) is 9.84 Å². The molecular formula is C18H18FNO4S. The number of morpholine rings is 1. The number of ether oxygens (including phenoxy) is 1. The number of aryl methyl sites for hydroxylation is 1. The standard InChI is InChI=1S/C18H18FNO4S/c1-11-15(12-2-4-13(19)5-3-12)9-16(25-11)18(23)20-6-7-24-14(10-20)8-17(21)22/h2-5,9,14H,6-8,10H2,1H3,(H,21,22). The molecule has 1 saturated heterocycles. The van der Waals surface area contributed by atoms with Gasteiger partial charge >= 0.3 is 5.97 Å². The minimum atomic E-state index is -0.940. The Morgan fingerprint density at radius 2 is 2.08 bits per heavy atom. The molecule has 1 aromatic heterocycles. The van der Waals surface area contributed by atoms with E-state index < -0.39 is 12.1 Å². The highest BCUT2D eigenvalue weighted by molar-refractivity contribution is 7.14. The van der Waals surface area contributed by atoms with E-state index in [9.17, 15) is 14.0 Å². The number of carbonyl (C=O) groups is 2. The van der Waals surface area contributed by atoms with Gasteiger partial charge in [-0.15, -0.1) is 11.3 Å². The number of carboxylic acids is 1. The van der Waals surface area contributed by atoms with E-state index in [1.54, 1.807) is 17.0 Å². The van der Waals surface area contributed by atoms with Crippen LogP contribution in [0.3, 0.4) is 0 Å². The normalized spacial score (nSPS) is 17.5.